The number of anilines is 1. The van der Waals surface area contributed by atoms with E-state index in [4.69, 9.17) is 17.0 Å². The first-order valence-corrected chi connectivity index (χ1v) is 7.86. The van der Waals surface area contributed by atoms with Crippen molar-refractivity contribution in [2.45, 2.75) is 13.8 Å². The van der Waals surface area contributed by atoms with E-state index in [-0.39, 0.29) is 5.69 Å². The number of hydrogen-bond acceptors (Lipinski definition) is 4. The molecule has 126 valence electrons. The molecule has 0 aromatic heterocycles. The Morgan fingerprint density at radius 2 is 1.92 bits per heavy atom. The fourth-order valence-electron chi connectivity index (χ4n) is 2.13. The van der Waals surface area contributed by atoms with E-state index in [1.165, 1.54) is 17.7 Å². The summed E-state index contributed by atoms with van der Waals surface area (Å²) >= 11 is 5.18. The van der Waals surface area contributed by atoms with Crippen LogP contribution in [0.2, 0.25) is 0 Å². The van der Waals surface area contributed by atoms with Gasteiger partial charge in [0.2, 0.25) is 0 Å². The summed E-state index contributed by atoms with van der Waals surface area (Å²) < 4.78 is 5.71. The van der Waals surface area contributed by atoms with Gasteiger partial charge < -0.3 is 15.4 Å². The normalized spacial score (nSPS) is 10.1. The lowest BCUT2D eigenvalue weighted by molar-refractivity contribution is -0.384. The SMILES string of the molecule is Cc1ccc(OCCNC(=S)Nc2ccc([N+](=O)[O-])cc2)c(C)c1. The third-order valence-electron chi connectivity index (χ3n) is 3.31. The molecule has 0 saturated carbocycles. The summed E-state index contributed by atoms with van der Waals surface area (Å²) in [6.45, 7) is 5.08. The second kappa shape index (κ2) is 8.26. The molecule has 7 heteroatoms. The van der Waals surface area contributed by atoms with Crippen LogP contribution in [0.4, 0.5) is 11.4 Å². The van der Waals surface area contributed by atoms with Gasteiger partial charge in [-0.2, -0.15) is 0 Å². The van der Waals surface area contributed by atoms with Gasteiger partial charge in [0.05, 0.1) is 11.5 Å². The van der Waals surface area contributed by atoms with Gasteiger partial charge >= 0.3 is 0 Å². The van der Waals surface area contributed by atoms with E-state index in [9.17, 15) is 10.1 Å². The Morgan fingerprint density at radius 3 is 2.54 bits per heavy atom. The molecule has 24 heavy (non-hydrogen) atoms. The smallest absolute Gasteiger partial charge is 0.269 e. The van der Waals surface area contributed by atoms with E-state index in [0.29, 0.717) is 24.0 Å². The zero-order valence-electron chi connectivity index (χ0n) is 13.5. The van der Waals surface area contributed by atoms with Crippen LogP contribution in [-0.4, -0.2) is 23.2 Å². The number of thiocarbonyl (C=S) groups is 1. The summed E-state index contributed by atoms with van der Waals surface area (Å²) in [5, 5.41) is 17.0. The Hall–Kier alpha value is -2.67. The monoisotopic (exact) mass is 345 g/mol. The molecule has 0 saturated heterocycles. The summed E-state index contributed by atoms with van der Waals surface area (Å²) in [5.41, 5.74) is 3.03. The first-order valence-electron chi connectivity index (χ1n) is 7.45. The van der Waals surface area contributed by atoms with Crippen LogP contribution in [0, 0.1) is 24.0 Å². The number of ether oxygens (including phenoxy) is 1. The molecule has 0 aliphatic rings. The number of nitrogens with zero attached hydrogens (tertiary/aromatic N) is 1. The molecule has 0 atom stereocenters. The molecule has 0 spiro atoms. The van der Waals surface area contributed by atoms with Crippen molar-refractivity contribution in [3.05, 3.63) is 63.7 Å². The zero-order chi connectivity index (χ0) is 17.5. The molecule has 0 radical (unpaired) electrons. The summed E-state index contributed by atoms with van der Waals surface area (Å²) in [6.07, 6.45) is 0. The minimum absolute atomic E-state index is 0.0429. The van der Waals surface area contributed by atoms with Gasteiger partial charge in [-0.3, -0.25) is 10.1 Å². The molecule has 0 bridgehead atoms. The molecule has 0 amide bonds. The molecule has 0 unspecified atom stereocenters. The Morgan fingerprint density at radius 1 is 1.21 bits per heavy atom. The van der Waals surface area contributed by atoms with E-state index in [2.05, 4.69) is 16.7 Å². The van der Waals surface area contributed by atoms with Gasteiger partial charge in [0, 0.05) is 17.8 Å². The maximum absolute atomic E-state index is 10.6. The summed E-state index contributed by atoms with van der Waals surface area (Å²) in [6, 6.07) is 12.1. The number of hydrogen-bond donors (Lipinski definition) is 2. The van der Waals surface area contributed by atoms with Crippen LogP contribution >= 0.6 is 12.2 Å². The number of rotatable bonds is 6. The predicted octanol–water partition coefficient (Wildman–Crippen LogP) is 3.58. The fraction of sp³-hybridized carbons (Fsp3) is 0.235. The first-order chi connectivity index (χ1) is 11.5. The van der Waals surface area contributed by atoms with Crippen molar-refractivity contribution in [3.8, 4) is 5.75 Å². The lowest BCUT2D eigenvalue weighted by atomic mass is 10.1. The van der Waals surface area contributed by atoms with Crippen molar-refractivity contribution in [1.82, 2.24) is 5.32 Å². The lowest BCUT2D eigenvalue weighted by Crippen LogP contribution is -2.31. The molecule has 0 heterocycles. The molecule has 2 aromatic rings. The second-order valence-electron chi connectivity index (χ2n) is 5.30. The van der Waals surface area contributed by atoms with Crippen molar-refractivity contribution in [2.75, 3.05) is 18.5 Å². The second-order valence-corrected chi connectivity index (χ2v) is 5.71. The summed E-state index contributed by atoms with van der Waals surface area (Å²) in [5.74, 6) is 0.858. The van der Waals surface area contributed by atoms with Crippen LogP contribution in [0.15, 0.2) is 42.5 Å². The number of nitrogens with one attached hydrogen (secondary N) is 2. The Bertz CT molecular complexity index is 732. The maximum atomic E-state index is 10.6. The van der Waals surface area contributed by atoms with Crippen LogP contribution in [0.1, 0.15) is 11.1 Å². The molecular formula is C17H19N3O3S. The highest BCUT2D eigenvalue weighted by Gasteiger charge is 2.05. The van der Waals surface area contributed by atoms with Gasteiger partial charge in [-0.05, 0) is 49.8 Å². The quantitative estimate of drug-likeness (QED) is 0.361. The topological polar surface area (TPSA) is 76.4 Å². The number of nitro groups is 1. The Balaban J connectivity index is 1.74. The van der Waals surface area contributed by atoms with Gasteiger partial charge in [0.25, 0.3) is 5.69 Å². The van der Waals surface area contributed by atoms with Crippen molar-refractivity contribution in [2.24, 2.45) is 0 Å². The van der Waals surface area contributed by atoms with E-state index in [0.717, 1.165) is 11.3 Å². The van der Waals surface area contributed by atoms with Crippen molar-refractivity contribution >= 4 is 28.7 Å². The molecule has 0 aliphatic heterocycles. The fourth-order valence-corrected chi connectivity index (χ4v) is 2.35. The molecule has 2 aromatic carbocycles. The van der Waals surface area contributed by atoms with Gasteiger partial charge in [-0.15, -0.1) is 0 Å². The average molecular weight is 345 g/mol. The Labute approximate surface area is 146 Å². The van der Waals surface area contributed by atoms with Crippen LogP contribution in [-0.2, 0) is 0 Å². The van der Waals surface area contributed by atoms with E-state index in [1.807, 2.05) is 26.0 Å². The number of aryl methyl sites for hydroxylation is 2. The minimum atomic E-state index is -0.440. The first kappa shape index (κ1) is 17.7. The molecule has 6 nitrogen and oxygen atoms in total. The molecular weight excluding hydrogens is 326 g/mol. The number of non-ortho nitro benzene ring substituents is 1. The van der Waals surface area contributed by atoms with Crippen LogP contribution in [0.25, 0.3) is 0 Å². The van der Waals surface area contributed by atoms with Gasteiger partial charge in [-0.1, -0.05) is 17.7 Å². The van der Waals surface area contributed by atoms with E-state index < -0.39 is 4.92 Å². The van der Waals surface area contributed by atoms with Crippen molar-refractivity contribution in [3.63, 3.8) is 0 Å². The van der Waals surface area contributed by atoms with Crippen LogP contribution in [0.3, 0.4) is 0 Å². The van der Waals surface area contributed by atoms with Crippen molar-refractivity contribution < 1.29 is 9.66 Å². The van der Waals surface area contributed by atoms with Gasteiger partial charge in [0.1, 0.15) is 12.4 Å². The summed E-state index contributed by atoms with van der Waals surface area (Å²) in [7, 11) is 0. The molecule has 0 fully saturated rings. The van der Waals surface area contributed by atoms with E-state index >= 15 is 0 Å². The lowest BCUT2D eigenvalue weighted by Gasteiger charge is -2.12. The number of nitro benzene ring substituents is 1. The van der Waals surface area contributed by atoms with Crippen LogP contribution < -0.4 is 15.4 Å². The zero-order valence-corrected chi connectivity index (χ0v) is 14.4. The van der Waals surface area contributed by atoms with Crippen LogP contribution in [0.5, 0.6) is 5.75 Å². The van der Waals surface area contributed by atoms with Gasteiger partial charge in [-0.25, -0.2) is 0 Å². The summed E-state index contributed by atoms with van der Waals surface area (Å²) in [4.78, 5) is 10.2. The Kier molecular flexibility index (Phi) is 6.08. The van der Waals surface area contributed by atoms with Crippen molar-refractivity contribution in [1.29, 1.82) is 0 Å². The number of benzene rings is 2. The van der Waals surface area contributed by atoms with E-state index in [1.54, 1.807) is 12.1 Å². The average Bonchev–Trinajstić information content (AvgIpc) is 2.53. The third-order valence-corrected chi connectivity index (χ3v) is 3.56. The minimum Gasteiger partial charge on any atom is -0.491 e. The van der Waals surface area contributed by atoms with Gasteiger partial charge in [0.15, 0.2) is 5.11 Å². The largest absolute Gasteiger partial charge is 0.491 e. The predicted molar refractivity (Wildman–Crippen MR) is 98.7 cm³/mol. The third kappa shape index (κ3) is 5.20. The standard InChI is InChI=1S/C17H19N3O3S/c1-12-3-8-16(13(2)11-12)23-10-9-18-17(24)19-14-4-6-15(7-5-14)20(21)22/h3-8,11H,9-10H2,1-2H3,(H2,18,19,24). The highest BCUT2D eigenvalue weighted by atomic mass is 32.1. The molecule has 2 N–H and O–H groups in total. The highest BCUT2D eigenvalue weighted by Crippen LogP contribution is 2.18. The highest BCUT2D eigenvalue weighted by molar-refractivity contribution is 7.80. The maximum Gasteiger partial charge on any atom is 0.269 e. The molecule has 0 aliphatic carbocycles. The molecule has 2 rings (SSSR count).